The Balaban J connectivity index is 3.09. The zero-order valence-corrected chi connectivity index (χ0v) is 7.86. The molecular weight excluding hydrogens is 176 g/mol. The lowest BCUT2D eigenvalue weighted by Gasteiger charge is -2.18. The summed E-state index contributed by atoms with van der Waals surface area (Å²) in [6, 6.07) is 10.5. The summed E-state index contributed by atoms with van der Waals surface area (Å²) in [7, 11) is 0. The number of phenols is 1. The fourth-order valence-corrected chi connectivity index (χ4v) is 1.19. The zero-order valence-electron chi connectivity index (χ0n) is 7.86. The van der Waals surface area contributed by atoms with E-state index >= 15 is 0 Å². The maximum absolute atomic E-state index is 9.08. The molecule has 70 valence electrons. The highest BCUT2D eigenvalue weighted by Crippen LogP contribution is 2.27. The molecule has 0 aliphatic carbocycles. The van der Waals surface area contributed by atoms with Crippen LogP contribution in [0.3, 0.4) is 0 Å². The molecule has 0 bridgehead atoms. The van der Waals surface area contributed by atoms with Crippen LogP contribution in [0, 0.1) is 22.7 Å². The van der Waals surface area contributed by atoms with Crippen LogP contribution in [0.5, 0.6) is 5.75 Å². The molecule has 3 heteroatoms. The van der Waals surface area contributed by atoms with Crippen LogP contribution >= 0.6 is 0 Å². The highest BCUT2D eigenvalue weighted by atomic mass is 16.3. The van der Waals surface area contributed by atoms with E-state index in [2.05, 4.69) is 6.07 Å². The normalized spacial score (nSPS) is 13.6. The lowest BCUT2D eigenvalue weighted by molar-refractivity contribution is 0.474. The van der Waals surface area contributed by atoms with E-state index in [4.69, 9.17) is 15.6 Å². The monoisotopic (exact) mass is 186 g/mol. The highest BCUT2D eigenvalue weighted by Gasteiger charge is 2.25. The quantitative estimate of drug-likeness (QED) is 0.768. The minimum atomic E-state index is -0.789. The molecule has 0 aromatic heterocycles. The lowest BCUT2D eigenvalue weighted by Crippen LogP contribution is -2.18. The maximum atomic E-state index is 9.08. The summed E-state index contributed by atoms with van der Waals surface area (Å²) in [6.07, 6.45) is 0.147. The van der Waals surface area contributed by atoms with Crippen molar-refractivity contribution in [1.82, 2.24) is 0 Å². The van der Waals surface area contributed by atoms with Crippen LogP contribution < -0.4 is 0 Å². The summed E-state index contributed by atoms with van der Waals surface area (Å²) in [4.78, 5) is 0. The van der Waals surface area contributed by atoms with Gasteiger partial charge in [-0.3, -0.25) is 0 Å². The van der Waals surface area contributed by atoms with E-state index in [1.54, 1.807) is 19.1 Å². The smallest absolute Gasteiger partial charge is 0.115 e. The molecule has 0 fully saturated rings. The van der Waals surface area contributed by atoms with E-state index in [-0.39, 0.29) is 12.2 Å². The fraction of sp³-hybridized carbons (Fsp3) is 0.273. The molecule has 1 rings (SSSR count). The number of hydrogen-bond donors (Lipinski definition) is 1. The van der Waals surface area contributed by atoms with Crippen molar-refractivity contribution in [3.63, 3.8) is 0 Å². The molecule has 14 heavy (non-hydrogen) atoms. The van der Waals surface area contributed by atoms with Crippen molar-refractivity contribution in [2.24, 2.45) is 0 Å². The van der Waals surface area contributed by atoms with Gasteiger partial charge in [0.25, 0.3) is 0 Å². The van der Waals surface area contributed by atoms with Gasteiger partial charge >= 0.3 is 0 Å². The van der Waals surface area contributed by atoms with Gasteiger partial charge in [0.1, 0.15) is 5.75 Å². The van der Waals surface area contributed by atoms with Crippen LogP contribution in [0.1, 0.15) is 18.9 Å². The SMILES string of the molecule is CC(C#N)(CC#N)c1ccc(O)cc1. The van der Waals surface area contributed by atoms with Gasteiger partial charge in [-0.15, -0.1) is 0 Å². The number of nitriles is 2. The Bertz CT molecular complexity index is 397. The largest absolute Gasteiger partial charge is 0.508 e. The minimum absolute atomic E-state index is 0.147. The van der Waals surface area contributed by atoms with Crippen LogP contribution in [0.2, 0.25) is 0 Å². The Labute approximate surface area is 82.8 Å². The molecule has 1 N–H and O–H groups in total. The Morgan fingerprint density at radius 1 is 1.29 bits per heavy atom. The highest BCUT2D eigenvalue weighted by molar-refractivity contribution is 5.36. The van der Waals surface area contributed by atoms with Crippen LogP contribution in [0.25, 0.3) is 0 Å². The first kappa shape index (κ1) is 10.1. The summed E-state index contributed by atoms with van der Waals surface area (Å²) < 4.78 is 0. The topological polar surface area (TPSA) is 67.8 Å². The fourth-order valence-electron chi connectivity index (χ4n) is 1.19. The number of aromatic hydroxyl groups is 1. The molecule has 0 heterocycles. The van der Waals surface area contributed by atoms with Crippen LogP contribution in [-0.2, 0) is 5.41 Å². The first-order valence-corrected chi connectivity index (χ1v) is 4.20. The van der Waals surface area contributed by atoms with Crippen LogP contribution in [-0.4, -0.2) is 5.11 Å². The third-order valence-electron chi connectivity index (χ3n) is 2.18. The Kier molecular flexibility index (Phi) is 2.74. The second-order valence-corrected chi connectivity index (χ2v) is 3.33. The summed E-state index contributed by atoms with van der Waals surface area (Å²) in [6.45, 7) is 1.71. The van der Waals surface area contributed by atoms with Crippen molar-refractivity contribution in [3.05, 3.63) is 29.8 Å². The summed E-state index contributed by atoms with van der Waals surface area (Å²) in [5.74, 6) is 0.158. The molecule has 0 saturated heterocycles. The predicted octanol–water partition coefficient (Wildman–Crippen LogP) is 2.09. The summed E-state index contributed by atoms with van der Waals surface area (Å²) in [5, 5.41) is 26.7. The van der Waals surface area contributed by atoms with Gasteiger partial charge in [0.15, 0.2) is 0 Å². The Morgan fingerprint density at radius 2 is 1.86 bits per heavy atom. The number of nitrogens with zero attached hydrogens (tertiary/aromatic N) is 2. The molecule has 0 aliphatic rings. The molecule has 0 saturated carbocycles. The Morgan fingerprint density at radius 3 is 2.29 bits per heavy atom. The number of benzene rings is 1. The molecular formula is C11H10N2O. The van der Waals surface area contributed by atoms with Gasteiger partial charge < -0.3 is 5.11 Å². The third kappa shape index (κ3) is 1.84. The molecule has 0 aliphatic heterocycles. The molecule has 1 aromatic carbocycles. The van der Waals surface area contributed by atoms with Gasteiger partial charge in [0.05, 0.1) is 24.0 Å². The van der Waals surface area contributed by atoms with E-state index in [1.165, 1.54) is 12.1 Å². The van der Waals surface area contributed by atoms with Gasteiger partial charge in [-0.2, -0.15) is 10.5 Å². The van der Waals surface area contributed by atoms with Crippen molar-refractivity contribution >= 4 is 0 Å². The van der Waals surface area contributed by atoms with E-state index < -0.39 is 5.41 Å². The van der Waals surface area contributed by atoms with Gasteiger partial charge in [0.2, 0.25) is 0 Å². The minimum Gasteiger partial charge on any atom is -0.508 e. The van der Waals surface area contributed by atoms with E-state index in [0.29, 0.717) is 0 Å². The van der Waals surface area contributed by atoms with Crippen molar-refractivity contribution in [2.45, 2.75) is 18.8 Å². The first-order valence-electron chi connectivity index (χ1n) is 4.20. The number of phenolic OH excluding ortho intramolecular Hbond substituents is 1. The third-order valence-corrected chi connectivity index (χ3v) is 2.18. The molecule has 1 unspecified atom stereocenters. The van der Waals surface area contributed by atoms with Gasteiger partial charge in [-0.25, -0.2) is 0 Å². The second-order valence-electron chi connectivity index (χ2n) is 3.33. The van der Waals surface area contributed by atoms with Crippen LogP contribution in [0.15, 0.2) is 24.3 Å². The van der Waals surface area contributed by atoms with E-state index in [9.17, 15) is 0 Å². The molecule has 1 atom stereocenters. The van der Waals surface area contributed by atoms with Crippen molar-refractivity contribution in [2.75, 3.05) is 0 Å². The van der Waals surface area contributed by atoms with Gasteiger partial charge in [0, 0.05) is 0 Å². The molecule has 3 nitrogen and oxygen atoms in total. The van der Waals surface area contributed by atoms with Crippen molar-refractivity contribution in [3.8, 4) is 17.9 Å². The van der Waals surface area contributed by atoms with Gasteiger partial charge in [-0.05, 0) is 24.6 Å². The Hall–Kier alpha value is -2.00. The van der Waals surface area contributed by atoms with E-state index in [0.717, 1.165) is 5.56 Å². The molecule has 0 spiro atoms. The standard InChI is InChI=1S/C11H10N2O/c1-11(8-13,6-7-12)9-2-4-10(14)5-3-9/h2-5,14H,6H2,1H3. The summed E-state index contributed by atoms with van der Waals surface area (Å²) >= 11 is 0. The predicted molar refractivity (Wildman–Crippen MR) is 51.3 cm³/mol. The van der Waals surface area contributed by atoms with Crippen molar-refractivity contribution < 1.29 is 5.11 Å². The molecule has 0 radical (unpaired) electrons. The lowest BCUT2D eigenvalue weighted by atomic mass is 9.81. The molecule has 1 aromatic rings. The molecule has 0 amide bonds. The second kappa shape index (κ2) is 3.81. The van der Waals surface area contributed by atoms with Crippen LogP contribution in [0.4, 0.5) is 0 Å². The van der Waals surface area contributed by atoms with Crippen molar-refractivity contribution in [1.29, 1.82) is 10.5 Å². The number of hydrogen-bond acceptors (Lipinski definition) is 3. The summed E-state index contributed by atoms with van der Waals surface area (Å²) in [5.41, 5.74) is -0.0398. The number of rotatable bonds is 2. The zero-order chi connectivity index (χ0) is 10.6. The average Bonchev–Trinajstić information content (AvgIpc) is 2.19. The first-order chi connectivity index (χ1) is 6.62. The average molecular weight is 186 g/mol. The van der Waals surface area contributed by atoms with Gasteiger partial charge in [-0.1, -0.05) is 12.1 Å². The maximum Gasteiger partial charge on any atom is 0.115 e. The van der Waals surface area contributed by atoms with E-state index in [1.807, 2.05) is 6.07 Å².